The fourth-order valence-corrected chi connectivity index (χ4v) is 2.92. The Kier molecular flexibility index (Phi) is 7.14. The molecule has 1 N–H and O–H groups in total. The number of non-ortho nitro benzene ring substituents is 1. The molecular weight excluding hydrogens is 416 g/mol. The van der Waals surface area contributed by atoms with Gasteiger partial charge in [-0.3, -0.25) is 15.0 Å². The first-order valence-corrected chi connectivity index (χ1v) is 9.52. The average molecular weight is 436 g/mol. The number of anilines is 1. The topological polar surface area (TPSA) is 119 Å². The summed E-state index contributed by atoms with van der Waals surface area (Å²) in [6.45, 7) is -0.0882. The number of rotatable bonds is 7. The molecule has 0 bridgehead atoms. The lowest BCUT2D eigenvalue weighted by Gasteiger charge is -2.23. The van der Waals surface area contributed by atoms with Gasteiger partial charge in [0.2, 0.25) is 0 Å². The van der Waals surface area contributed by atoms with E-state index in [-0.39, 0.29) is 24.6 Å². The Bertz CT molecular complexity index is 1110. The summed E-state index contributed by atoms with van der Waals surface area (Å²) < 4.78 is 10.1. The molecule has 0 aliphatic rings. The van der Waals surface area contributed by atoms with E-state index in [1.165, 1.54) is 36.3 Å². The first kappa shape index (κ1) is 22.4. The Labute approximate surface area is 183 Å². The Hall–Kier alpha value is -4.24. The highest BCUT2D eigenvalue weighted by Crippen LogP contribution is 2.23. The third kappa shape index (κ3) is 5.46. The number of aliphatic hydroxyl groups is 1. The van der Waals surface area contributed by atoms with Gasteiger partial charge in [-0.15, -0.1) is 0 Å². The quantitative estimate of drug-likeness (QED) is 0.337. The van der Waals surface area contributed by atoms with Crippen molar-refractivity contribution in [1.29, 1.82) is 0 Å². The van der Waals surface area contributed by atoms with E-state index in [4.69, 9.17) is 9.47 Å². The summed E-state index contributed by atoms with van der Waals surface area (Å²) in [5, 5.41) is 20.3. The number of nitro groups is 1. The molecule has 0 radical (unpaired) electrons. The number of methoxy groups -OCH3 is 1. The van der Waals surface area contributed by atoms with Crippen molar-refractivity contribution in [2.45, 2.75) is 13.2 Å². The van der Waals surface area contributed by atoms with Gasteiger partial charge in [0.1, 0.15) is 5.75 Å². The second kappa shape index (κ2) is 10.2. The Morgan fingerprint density at radius 2 is 1.69 bits per heavy atom. The minimum atomic E-state index is -0.717. The molecule has 0 saturated heterocycles. The van der Waals surface area contributed by atoms with Crippen molar-refractivity contribution < 1.29 is 29.1 Å². The standard InChI is InChI=1S/C23H20N2O7/c1-31-22(27)18-7-5-16(6-8-18)14-24(20-4-2-3-17(13-20)15-26)23(28)32-21-11-9-19(10-12-21)25(29)30/h2-13,26H,14-15H2,1H3. The second-order valence-electron chi connectivity index (χ2n) is 6.72. The number of hydrogen-bond donors (Lipinski definition) is 1. The predicted octanol–water partition coefficient (Wildman–Crippen LogP) is 4.08. The van der Waals surface area contributed by atoms with Gasteiger partial charge in [0.05, 0.1) is 30.7 Å². The zero-order valence-corrected chi connectivity index (χ0v) is 17.1. The number of esters is 1. The Morgan fingerprint density at radius 3 is 2.28 bits per heavy atom. The first-order chi connectivity index (χ1) is 15.4. The normalized spacial score (nSPS) is 10.3. The molecule has 0 aliphatic carbocycles. The van der Waals surface area contributed by atoms with Crippen LogP contribution in [-0.2, 0) is 17.9 Å². The summed E-state index contributed by atoms with van der Waals surface area (Å²) >= 11 is 0. The summed E-state index contributed by atoms with van der Waals surface area (Å²) in [7, 11) is 1.29. The minimum Gasteiger partial charge on any atom is -0.465 e. The van der Waals surface area contributed by atoms with Crippen LogP contribution in [0.2, 0.25) is 0 Å². The number of carbonyl (C=O) groups excluding carboxylic acids is 2. The van der Waals surface area contributed by atoms with Gasteiger partial charge >= 0.3 is 12.1 Å². The van der Waals surface area contributed by atoms with Crippen molar-refractivity contribution in [3.8, 4) is 5.75 Å². The maximum Gasteiger partial charge on any atom is 0.420 e. The van der Waals surface area contributed by atoms with E-state index in [2.05, 4.69) is 0 Å². The van der Waals surface area contributed by atoms with Crippen LogP contribution in [0.1, 0.15) is 21.5 Å². The summed E-state index contributed by atoms with van der Waals surface area (Å²) in [6.07, 6.45) is -0.717. The fourth-order valence-electron chi connectivity index (χ4n) is 2.92. The maximum absolute atomic E-state index is 13.0. The molecular formula is C23H20N2O7. The van der Waals surface area contributed by atoms with E-state index in [1.54, 1.807) is 48.5 Å². The van der Waals surface area contributed by atoms with Crippen molar-refractivity contribution in [3.63, 3.8) is 0 Å². The predicted molar refractivity (Wildman–Crippen MR) is 115 cm³/mol. The molecule has 0 aromatic heterocycles. The molecule has 0 heterocycles. The van der Waals surface area contributed by atoms with Crippen molar-refractivity contribution in [2.75, 3.05) is 12.0 Å². The molecule has 0 aliphatic heterocycles. The van der Waals surface area contributed by atoms with Crippen LogP contribution in [-0.4, -0.2) is 29.2 Å². The van der Waals surface area contributed by atoms with Crippen LogP contribution >= 0.6 is 0 Å². The molecule has 0 fully saturated rings. The third-order valence-electron chi connectivity index (χ3n) is 4.59. The molecule has 9 nitrogen and oxygen atoms in total. The number of nitrogens with zero attached hydrogens (tertiary/aromatic N) is 2. The average Bonchev–Trinajstić information content (AvgIpc) is 2.82. The molecule has 0 atom stereocenters. The molecule has 3 rings (SSSR count). The summed E-state index contributed by atoms with van der Waals surface area (Å²) in [5.41, 5.74) is 2.06. The maximum atomic E-state index is 13.0. The van der Waals surface area contributed by atoms with Gasteiger partial charge in [-0.2, -0.15) is 0 Å². The lowest BCUT2D eigenvalue weighted by molar-refractivity contribution is -0.384. The van der Waals surface area contributed by atoms with Gasteiger partial charge in [0, 0.05) is 17.8 Å². The number of hydrogen-bond acceptors (Lipinski definition) is 7. The van der Waals surface area contributed by atoms with E-state index >= 15 is 0 Å². The smallest absolute Gasteiger partial charge is 0.420 e. The van der Waals surface area contributed by atoms with Gasteiger partial charge in [-0.05, 0) is 47.5 Å². The highest BCUT2D eigenvalue weighted by molar-refractivity contribution is 5.90. The number of benzene rings is 3. The zero-order valence-electron chi connectivity index (χ0n) is 17.1. The van der Waals surface area contributed by atoms with Crippen LogP contribution in [0, 0.1) is 10.1 Å². The van der Waals surface area contributed by atoms with Crippen molar-refractivity contribution in [1.82, 2.24) is 0 Å². The molecule has 3 aromatic rings. The van der Waals surface area contributed by atoms with Gasteiger partial charge in [-0.1, -0.05) is 24.3 Å². The minimum absolute atomic E-state index is 0.113. The molecule has 0 saturated carbocycles. The Balaban J connectivity index is 1.86. The molecule has 0 unspecified atom stereocenters. The van der Waals surface area contributed by atoms with E-state index in [0.717, 1.165) is 0 Å². The van der Waals surface area contributed by atoms with E-state index in [9.17, 15) is 24.8 Å². The molecule has 164 valence electrons. The van der Waals surface area contributed by atoms with Crippen molar-refractivity contribution in [3.05, 3.63) is 99.6 Å². The van der Waals surface area contributed by atoms with Crippen LogP contribution in [0.3, 0.4) is 0 Å². The molecule has 1 amide bonds. The first-order valence-electron chi connectivity index (χ1n) is 9.52. The summed E-state index contributed by atoms with van der Waals surface area (Å²) in [5.74, 6) is -0.327. The Morgan fingerprint density at radius 1 is 1.00 bits per heavy atom. The van der Waals surface area contributed by atoms with E-state index in [0.29, 0.717) is 22.4 Å². The molecule has 32 heavy (non-hydrogen) atoms. The summed E-state index contributed by atoms with van der Waals surface area (Å²) in [6, 6.07) is 18.5. The zero-order chi connectivity index (χ0) is 23.1. The van der Waals surface area contributed by atoms with Crippen molar-refractivity contribution >= 4 is 23.4 Å². The number of amides is 1. The summed E-state index contributed by atoms with van der Waals surface area (Å²) in [4.78, 5) is 36.3. The lowest BCUT2D eigenvalue weighted by Crippen LogP contribution is -2.33. The lowest BCUT2D eigenvalue weighted by atomic mass is 10.1. The molecule has 0 spiro atoms. The molecule has 3 aromatic carbocycles. The van der Waals surface area contributed by atoms with Crippen LogP contribution in [0.15, 0.2) is 72.8 Å². The number of nitro benzene ring substituents is 1. The molecule has 9 heteroatoms. The highest BCUT2D eigenvalue weighted by Gasteiger charge is 2.20. The van der Waals surface area contributed by atoms with Crippen LogP contribution < -0.4 is 9.64 Å². The largest absolute Gasteiger partial charge is 0.465 e. The van der Waals surface area contributed by atoms with E-state index < -0.39 is 17.0 Å². The fraction of sp³-hybridized carbons (Fsp3) is 0.130. The monoisotopic (exact) mass is 436 g/mol. The number of aliphatic hydroxyl groups excluding tert-OH is 1. The van der Waals surface area contributed by atoms with Gasteiger partial charge in [0.15, 0.2) is 0 Å². The highest BCUT2D eigenvalue weighted by atomic mass is 16.6. The SMILES string of the molecule is COC(=O)c1ccc(CN(C(=O)Oc2ccc([N+](=O)[O-])cc2)c2cccc(CO)c2)cc1. The van der Waals surface area contributed by atoms with Crippen LogP contribution in [0.25, 0.3) is 0 Å². The van der Waals surface area contributed by atoms with Gasteiger partial charge in [0.25, 0.3) is 5.69 Å². The third-order valence-corrected chi connectivity index (χ3v) is 4.59. The van der Waals surface area contributed by atoms with Crippen LogP contribution in [0.5, 0.6) is 5.75 Å². The van der Waals surface area contributed by atoms with E-state index in [1.807, 2.05) is 0 Å². The second-order valence-corrected chi connectivity index (χ2v) is 6.72. The van der Waals surface area contributed by atoms with Gasteiger partial charge in [-0.25, -0.2) is 9.59 Å². The van der Waals surface area contributed by atoms with Gasteiger partial charge < -0.3 is 14.6 Å². The van der Waals surface area contributed by atoms with Crippen LogP contribution in [0.4, 0.5) is 16.2 Å². The van der Waals surface area contributed by atoms with Crippen molar-refractivity contribution in [2.24, 2.45) is 0 Å². The number of ether oxygens (including phenoxy) is 2. The number of carbonyl (C=O) groups is 2.